The highest BCUT2D eigenvalue weighted by Gasteiger charge is 2.30. The highest BCUT2D eigenvalue weighted by atomic mass is 16.5. The zero-order chi connectivity index (χ0) is 22.1. The number of carbonyl (C=O) groups is 3. The maximum atomic E-state index is 12.6. The predicted molar refractivity (Wildman–Crippen MR) is 114 cm³/mol. The molecular formula is C23H34N2O5. The Morgan fingerprint density at radius 2 is 1.97 bits per heavy atom. The van der Waals surface area contributed by atoms with E-state index >= 15 is 0 Å². The zero-order valence-corrected chi connectivity index (χ0v) is 18.6. The van der Waals surface area contributed by atoms with Crippen molar-refractivity contribution in [3.8, 4) is 5.75 Å². The minimum atomic E-state index is -0.288. The SMILES string of the molecule is CCOC(=O)C1CCCN(C(=O)CN(C)C(=O)COc2ccccc2C(C)CC)C1. The van der Waals surface area contributed by atoms with Crippen molar-refractivity contribution in [3.05, 3.63) is 29.8 Å². The molecule has 0 aliphatic carbocycles. The van der Waals surface area contributed by atoms with Crippen LogP contribution in [0.2, 0.25) is 0 Å². The normalized spacial score (nSPS) is 17.2. The van der Waals surface area contributed by atoms with Gasteiger partial charge in [0.25, 0.3) is 5.91 Å². The van der Waals surface area contributed by atoms with E-state index in [1.54, 1.807) is 18.9 Å². The molecule has 0 spiro atoms. The van der Waals surface area contributed by atoms with Gasteiger partial charge in [-0.1, -0.05) is 32.0 Å². The van der Waals surface area contributed by atoms with Gasteiger partial charge in [0.15, 0.2) is 6.61 Å². The summed E-state index contributed by atoms with van der Waals surface area (Å²) >= 11 is 0. The molecule has 0 bridgehead atoms. The standard InChI is InChI=1S/C23H34N2O5/c1-5-17(3)19-11-7-8-12-20(19)30-16-22(27)24(4)15-21(26)25-13-9-10-18(14-25)23(28)29-6-2/h7-8,11-12,17-18H,5-6,9-10,13-16H2,1-4H3. The summed E-state index contributed by atoms with van der Waals surface area (Å²) in [6, 6.07) is 7.72. The van der Waals surface area contributed by atoms with E-state index in [-0.39, 0.29) is 36.9 Å². The largest absolute Gasteiger partial charge is 0.483 e. The van der Waals surface area contributed by atoms with Crippen LogP contribution in [-0.4, -0.2) is 67.5 Å². The molecule has 0 aromatic heterocycles. The molecule has 1 aliphatic rings. The number of hydrogen-bond donors (Lipinski definition) is 0. The topological polar surface area (TPSA) is 76.2 Å². The minimum absolute atomic E-state index is 0.0370. The molecule has 2 rings (SSSR count). The second-order valence-corrected chi connectivity index (χ2v) is 7.82. The first-order chi connectivity index (χ1) is 14.4. The van der Waals surface area contributed by atoms with Crippen molar-refractivity contribution in [2.75, 3.05) is 39.9 Å². The number of amides is 2. The summed E-state index contributed by atoms with van der Waals surface area (Å²) in [5.74, 6) is 0.0632. The van der Waals surface area contributed by atoms with E-state index < -0.39 is 0 Å². The number of carbonyl (C=O) groups excluding carboxylic acids is 3. The lowest BCUT2D eigenvalue weighted by molar-refractivity contribution is -0.152. The number of hydrogen-bond acceptors (Lipinski definition) is 5. The Kier molecular flexibility index (Phi) is 9.15. The first kappa shape index (κ1) is 23.7. The van der Waals surface area contributed by atoms with Crippen LogP contribution < -0.4 is 4.74 Å². The molecule has 2 amide bonds. The van der Waals surface area contributed by atoms with Gasteiger partial charge in [0.1, 0.15) is 5.75 Å². The lowest BCUT2D eigenvalue weighted by Gasteiger charge is -2.32. The van der Waals surface area contributed by atoms with Gasteiger partial charge in [-0.3, -0.25) is 14.4 Å². The molecular weight excluding hydrogens is 384 g/mol. The molecule has 1 aromatic carbocycles. The van der Waals surface area contributed by atoms with Gasteiger partial charge in [-0.15, -0.1) is 0 Å². The van der Waals surface area contributed by atoms with Crippen LogP contribution in [0.4, 0.5) is 0 Å². The van der Waals surface area contributed by atoms with E-state index in [1.165, 1.54) is 4.90 Å². The fraction of sp³-hybridized carbons (Fsp3) is 0.609. The van der Waals surface area contributed by atoms with Gasteiger partial charge in [-0.2, -0.15) is 0 Å². The van der Waals surface area contributed by atoms with Crippen molar-refractivity contribution in [1.29, 1.82) is 0 Å². The van der Waals surface area contributed by atoms with E-state index in [1.807, 2.05) is 24.3 Å². The number of benzene rings is 1. The molecule has 166 valence electrons. The average molecular weight is 419 g/mol. The molecule has 1 aliphatic heterocycles. The lowest BCUT2D eigenvalue weighted by atomic mass is 9.98. The van der Waals surface area contributed by atoms with E-state index in [9.17, 15) is 14.4 Å². The third-order valence-corrected chi connectivity index (χ3v) is 5.61. The summed E-state index contributed by atoms with van der Waals surface area (Å²) in [6.45, 7) is 7.12. The van der Waals surface area contributed by atoms with Crippen LogP contribution in [0.1, 0.15) is 51.5 Å². The molecule has 1 saturated heterocycles. The Hall–Kier alpha value is -2.57. The van der Waals surface area contributed by atoms with Crippen LogP contribution in [0.15, 0.2) is 24.3 Å². The quantitative estimate of drug-likeness (QED) is 0.577. The van der Waals surface area contributed by atoms with Gasteiger partial charge in [-0.25, -0.2) is 0 Å². The Morgan fingerprint density at radius 3 is 2.67 bits per heavy atom. The van der Waals surface area contributed by atoms with E-state index in [0.717, 1.165) is 24.8 Å². The summed E-state index contributed by atoms with van der Waals surface area (Å²) < 4.78 is 10.8. The van der Waals surface area contributed by atoms with E-state index in [2.05, 4.69) is 13.8 Å². The molecule has 1 aromatic rings. The minimum Gasteiger partial charge on any atom is -0.483 e. The molecule has 1 fully saturated rings. The zero-order valence-electron chi connectivity index (χ0n) is 18.6. The summed E-state index contributed by atoms with van der Waals surface area (Å²) in [5, 5.41) is 0. The van der Waals surface area contributed by atoms with Crippen LogP contribution in [0.25, 0.3) is 0 Å². The van der Waals surface area contributed by atoms with Crippen LogP contribution in [0, 0.1) is 5.92 Å². The molecule has 1 heterocycles. The van der Waals surface area contributed by atoms with Crippen molar-refractivity contribution in [3.63, 3.8) is 0 Å². The van der Waals surface area contributed by atoms with Crippen LogP contribution in [-0.2, 0) is 19.1 Å². The monoisotopic (exact) mass is 418 g/mol. The third kappa shape index (κ3) is 6.47. The van der Waals surface area contributed by atoms with E-state index in [0.29, 0.717) is 31.4 Å². The summed E-state index contributed by atoms with van der Waals surface area (Å²) in [5.41, 5.74) is 1.07. The van der Waals surface area contributed by atoms with Crippen molar-refractivity contribution in [1.82, 2.24) is 9.80 Å². The van der Waals surface area contributed by atoms with Gasteiger partial charge in [0.2, 0.25) is 5.91 Å². The first-order valence-electron chi connectivity index (χ1n) is 10.8. The second kappa shape index (κ2) is 11.6. The van der Waals surface area contributed by atoms with Gasteiger partial charge in [-0.05, 0) is 43.7 Å². The number of para-hydroxylation sites is 1. The fourth-order valence-electron chi connectivity index (χ4n) is 3.54. The fourth-order valence-corrected chi connectivity index (χ4v) is 3.54. The Balaban J connectivity index is 1.87. The van der Waals surface area contributed by atoms with Gasteiger partial charge in [0.05, 0.1) is 19.1 Å². The van der Waals surface area contributed by atoms with Gasteiger partial charge in [0, 0.05) is 20.1 Å². The molecule has 2 atom stereocenters. The smallest absolute Gasteiger partial charge is 0.310 e. The van der Waals surface area contributed by atoms with Crippen LogP contribution in [0.5, 0.6) is 5.75 Å². The van der Waals surface area contributed by atoms with Crippen LogP contribution in [0.3, 0.4) is 0 Å². The average Bonchev–Trinajstić information content (AvgIpc) is 2.77. The van der Waals surface area contributed by atoms with Gasteiger partial charge >= 0.3 is 5.97 Å². The number of likely N-dealkylation sites (N-methyl/N-ethyl adjacent to an activating group) is 1. The summed E-state index contributed by atoms with van der Waals surface area (Å²) in [7, 11) is 1.59. The Bertz CT molecular complexity index is 736. The van der Waals surface area contributed by atoms with Crippen molar-refractivity contribution >= 4 is 17.8 Å². The van der Waals surface area contributed by atoms with Crippen molar-refractivity contribution in [2.45, 2.75) is 46.0 Å². The molecule has 7 nitrogen and oxygen atoms in total. The lowest BCUT2D eigenvalue weighted by Crippen LogP contribution is -2.47. The van der Waals surface area contributed by atoms with Crippen LogP contribution >= 0.6 is 0 Å². The molecule has 0 radical (unpaired) electrons. The third-order valence-electron chi connectivity index (χ3n) is 5.61. The molecule has 0 saturated carbocycles. The molecule has 30 heavy (non-hydrogen) atoms. The predicted octanol–water partition coefficient (Wildman–Crippen LogP) is 2.84. The number of ether oxygens (including phenoxy) is 2. The van der Waals surface area contributed by atoms with Crippen molar-refractivity contribution < 1.29 is 23.9 Å². The number of piperidine rings is 1. The maximum Gasteiger partial charge on any atom is 0.310 e. The summed E-state index contributed by atoms with van der Waals surface area (Å²) in [6.07, 6.45) is 2.45. The molecule has 0 N–H and O–H groups in total. The number of esters is 1. The Labute approximate surface area is 179 Å². The second-order valence-electron chi connectivity index (χ2n) is 7.82. The highest BCUT2D eigenvalue weighted by molar-refractivity contribution is 5.86. The Morgan fingerprint density at radius 1 is 1.23 bits per heavy atom. The van der Waals surface area contributed by atoms with E-state index in [4.69, 9.17) is 9.47 Å². The van der Waals surface area contributed by atoms with Gasteiger partial charge < -0.3 is 19.3 Å². The highest BCUT2D eigenvalue weighted by Crippen LogP contribution is 2.28. The molecule has 2 unspecified atom stereocenters. The summed E-state index contributed by atoms with van der Waals surface area (Å²) in [4.78, 5) is 40.1. The number of nitrogens with zero attached hydrogens (tertiary/aromatic N) is 2. The number of rotatable bonds is 9. The first-order valence-corrected chi connectivity index (χ1v) is 10.8. The molecule has 7 heteroatoms. The van der Waals surface area contributed by atoms with Crippen molar-refractivity contribution in [2.24, 2.45) is 5.92 Å². The maximum absolute atomic E-state index is 12.6. The number of likely N-dealkylation sites (tertiary alicyclic amines) is 1.